The number of hydrogen-bond donors (Lipinski definition) is 2. The second kappa shape index (κ2) is 10.4. The molecule has 0 unspecified atom stereocenters. The van der Waals surface area contributed by atoms with Crippen molar-refractivity contribution in [1.82, 2.24) is 0 Å². The molecule has 0 fully saturated rings. The largest absolute Gasteiger partial charge is 0.494 e. The molecule has 0 radical (unpaired) electrons. The predicted octanol–water partition coefficient (Wildman–Crippen LogP) is 3.57. The van der Waals surface area contributed by atoms with Gasteiger partial charge >= 0.3 is 0 Å². The van der Waals surface area contributed by atoms with Gasteiger partial charge in [-0.3, -0.25) is 0 Å². The van der Waals surface area contributed by atoms with Gasteiger partial charge in [-0.05, 0) is 48.5 Å². The Kier molecular flexibility index (Phi) is 7.77. The fourth-order valence-electron chi connectivity index (χ4n) is 2.09. The first-order valence-corrected chi connectivity index (χ1v) is 8.24. The van der Waals surface area contributed by atoms with Crippen molar-refractivity contribution in [3.63, 3.8) is 0 Å². The number of ether oxygens (including phenoxy) is 3. The van der Waals surface area contributed by atoms with Crippen LogP contribution >= 0.6 is 0 Å². The highest BCUT2D eigenvalue weighted by Crippen LogP contribution is 2.15. The summed E-state index contributed by atoms with van der Waals surface area (Å²) in [5.41, 5.74) is 7.44. The number of benzene rings is 2. The third-order valence-corrected chi connectivity index (χ3v) is 3.43. The Hall–Kier alpha value is -2.40. The Balaban J connectivity index is 1.44. The highest BCUT2D eigenvalue weighted by molar-refractivity contribution is 5.45. The molecule has 0 spiro atoms. The quantitative estimate of drug-likeness (QED) is 0.487. The minimum atomic E-state index is 0.637. The second-order valence-corrected chi connectivity index (χ2v) is 5.36. The van der Waals surface area contributed by atoms with Gasteiger partial charge in [0, 0.05) is 44.5 Å². The van der Waals surface area contributed by atoms with E-state index in [1.165, 1.54) is 0 Å². The maximum atomic E-state index is 5.66. The lowest BCUT2D eigenvalue weighted by atomic mass is 10.3. The molecule has 0 saturated carbocycles. The van der Waals surface area contributed by atoms with Crippen LogP contribution in [0, 0.1) is 0 Å². The Morgan fingerprint density at radius 3 is 1.75 bits per heavy atom. The third-order valence-electron chi connectivity index (χ3n) is 3.43. The van der Waals surface area contributed by atoms with E-state index in [9.17, 15) is 0 Å². The molecule has 0 aliphatic carbocycles. The van der Waals surface area contributed by atoms with Gasteiger partial charge in [0.1, 0.15) is 11.5 Å². The van der Waals surface area contributed by atoms with E-state index in [0.717, 1.165) is 35.7 Å². The van der Waals surface area contributed by atoms with Crippen LogP contribution < -0.4 is 20.5 Å². The lowest BCUT2D eigenvalue weighted by Crippen LogP contribution is -2.06. The first-order valence-electron chi connectivity index (χ1n) is 8.24. The molecule has 5 heteroatoms. The first-order chi connectivity index (χ1) is 11.8. The van der Waals surface area contributed by atoms with Gasteiger partial charge in [0.2, 0.25) is 0 Å². The molecule has 2 aromatic carbocycles. The zero-order chi connectivity index (χ0) is 17.0. The fraction of sp³-hybridized carbons (Fsp3) is 0.368. The van der Waals surface area contributed by atoms with Crippen LogP contribution in [-0.2, 0) is 4.74 Å². The van der Waals surface area contributed by atoms with Gasteiger partial charge in [-0.15, -0.1) is 0 Å². The molecule has 3 N–H and O–H groups in total. The topological polar surface area (TPSA) is 65.7 Å². The van der Waals surface area contributed by atoms with E-state index in [1.54, 1.807) is 0 Å². The van der Waals surface area contributed by atoms with Crippen LogP contribution in [0.4, 0.5) is 11.4 Å². The highest BCUT2D eigenvalue weighted by atomic mass is 16.5. The molecule has 0 saturated heterocycles. The Morgan fingerprint density at radius 2 is 1.25 bits per heavy atom. The molecule has 5 nitrogen and oxygen atoms in total. The summed E-state index contributed by atoms with van der Waals surface area (Å²) in [6.07, 6.45) is 1.73. The van der Waals surface area contributed by atoms with Crippen molar-refractivity contribution in [1.29, 1.82) is 0 Å². The summed E-state index contributed by atoms with van der Waals surface area (Å²) < 4.78 is 16.8. The van der Waals surface area contributed by atoms with E-state index in [0.29, 0.717) is 26.4 Å². The van der Waals surface area contributed by atoms with Gasteiger partial charge in [-0.2, -0.15) is 0 Å². The normalized spacial score (nSPS) is 10.4. The van der Waals surface area contributed by atoms with Crippen molar-refractivity contribution in [2.24, 2.45) is 0 Å². The van der Waals surface area contributed by atoms with E-state index < -0.39 is 0 Å². The third kappa shape index (κ3) is 6.79. The lowest BCUT2D eigenvalue weighted by Gasteiger charge is -2.08. The molecule has 24 heavy (non-hydrogen) atoms. The minimum absolute atomic E-state index is 0.637. The summed E-state index contributed by atoms with van der Waals surface area (Å²) in [4.78, 5) is 0. The lowest BCUT2D eigenvalue weighted by molar-refractivity contribution is 0.107. The Labute approximate surface area is 143 Å². The van der Waals surface area contributed by atoms with Crippen LogP contribution in [0.3, 0.4) is 0 Å². The molecule has 0 aliphatic rings. The molecular formula is C19H26N2O3. The van der Waals surface area contributed by atoms with Crippen molar-refractivity contribution in [2.75, 3.05) is 44.5 Å². The zero-order valence-corrected chi connectivity index (χ0v) is 14.2. The van der Waals surface area contributed by atoms with Crippen molar-refractivity contribution < 1.29 is 14.2 Å². The van der Waals surface area contributed by atoms with Gasteiger partial charge in [-0.1, -0.05) is 0 Å². The molecule has 130 valence electrons. The van der Waals surface area contributed by atoms with Crippen molar-refractivity contribution in [3.8, 4) is 11.5 Å². The predicted molar refractivity (Wildman–Crippen MR) is 97.9 cm³/mol. The monoisotopic (exact) mass is 330 g/mol. The van der Waals surface area contributed by atoms with E-state index in [1.807, 2.05) is 55.6 Å². The molecule has 0 aliphatic heterocycles. The molecule has 0 bridgehead atoms. The van der Waals surface area contributed by atoms with Gasteiger partial charge < -0.3 is 25.3 Å². The summed E-state index contributed by atoms with van der Waals surface area (Å²) >= 11 is 0. The Bertz CT molecular complexity index is 570. The van der Waals surface area contributed by atoms with Crippen LogP contribution in [0.5, 0.6) is 11.5 Å². The van der Waals surface area contributed by atoms with Crippen LogP contribution in [-0.4, -0.2) is 33.5 Å². The van der Waals surface area contributed by atoms with Gasteiger partial charge in [0.05, 0.1) is 13.2 Å². The summed E-state index contributed by atoms with van der Waals surface area (Å²) in [5.74, 6) is 1.72. The summed E-state index contributed by atoms with van der Waals surface area (Å²) in [5, 5.41) is 3.08. The van der Waals surface area contributed by atoms with Gasteiger partial charge in [0.15, 0.2) is 0 Å². The summed E-state index contributed by atoms with van der Waals surface area (Å²) in [7, 11) is 1.90. The standard InChI is InChI=1S/C19H26N2O3/c1-21-17-6-10-19(11-7-17)24-15-3-13-22-12-2-14-23-18-8-4-16(20)5-9-18/h4-11,21H,2-3,12-15,20H2,1H3. The van der Waals surface area contributed by atoms with Crippen LogP contribution in [0.2, 0.25) is 0 Å². The van der Waals surface area contributed by atoms with E-state index in [2.05, 4.69) is 5.32 Å². The molecule has 2 rings (SSSR count). The average Bonchev–Trinajstić information content (AvgIpc) is 2.62. The molecular weight excluding hydrogens is 304 g/mol. The SMILES string of the molecule is CNc1ccc(OCCCOCCCOc2ccc(N)cc2)cc1. The second-order valence-electron chi connectivity index (χ2n) is 5.36. The summed E-state index contributed by atoms with van der Waals surface area (Å²) in [6.45, 7) is 2.67. The molecule has 2 aromatic rings. The number of hydrogen-bond acceptors (Lipinski definition) is 5. The van der Waals surface area contributed by atoms with E-state index >= 15 is 0 Å². The van der Waals surface area contributed by atoms with Crippen LogP contribution in [0.15, 0.2) is 48.5 Å². The Morgan fingerprint density at radius 1 is 0.750 bits per heavy atom. The van der Waals surface area contributed by atoms with Crippen LogP contribution in [0.1, 0.15) is 12.8 Å². The first kappa shape index (κ1) is 17.9. The number of anilines is 2. The minimum Gasteiger partial charge on any atom is -0.494 e. The number of nitrogens with one attached hydrogen (secondary N) is 1. The molecule has 0 amide bonds. The highest BCUT2D eigenvalue weighted by Gasteiger charge is 1.96. The maximum absolute atomic E-state index is 5.66. The van der Waals surface area contributed by atoms with Crippen molar-refractivity contribution in [2.45, 2.75) is 12.8 Å². The maximum Gasteiger partial charge on any atom is 0.119 e. The fourth-order valence-corrected chi connectivity index (χ4v) is 2.09. The molecule has 0 atom stereocenters. The number of nitrogen functional groups attached to an aromatic ring is 1. The zero-order valence-electron chi connectivity index (χ0n) is 14.2. The van der Waals surface area contributed by atoms with Gasteiger partial charge in [-0.25, -0.2) is 0 Å². The van der Waals surface area contributed by atoms with Crippen molar-refractivity contribution in [3.05, 3.63) is 48.5 Å². The number of nitrogens with two attached hydrogens (primary N) is 1. The van der Waals surface area contributed by atoms with Crippen LogP contribution in [0.25, 0.3) is 0 Å². The molecule has 0 aromatic heterocycles. The average molecular weight is 330 g/mol. The van der Waals surface area contributed by atoms with Crippen molar-refractivity contribution >= 4 is 11.4 Å². The van der Waals surface area contributed by atoms with E-state index in [4.69, 9.17) is 19.9 Å². The smallest absolute Gasteiger partial charge is 0.119 e. The molecule has 0 heterocycles. The summed E-state index contributed by atoms with van der Waals surface area (Å²) in [6, 6.07) is 15.3. The van der Waals surface area contributed by atoms with E-state index in [-0.39, 0.29) is 0 Å². The van der Waals surface area contributed by atoms with Gasteiger partial charge in [0.25, 0.3) is 0 Å². The number of rotatable bonds is 11.